The predicted molar refractivity (Wildman–Crippen MR) is 76.2 cm³/mol. The van der Waals surface area contributed by atoms with Gasteiger partial charge in [0.1, 0.15) is 19.0 Å². The number of rotatable bonds is 6. The monoisotopic (exact) mass is 288 g/mol. The van der Waals surface area contributed by atoms with Gasteiger partial charge in [-0.25, -0.2) is 9.78 Å². The summed E-state index contributed by atoms with van der Waals surface area (Å²) in [5, 5.41) is 9.05. The first-order valence-electron chi connectivity index (χ1n) is 6.59. The van der Waals surface area contributed by atoms with Crippen LogP contribution < -0.4 is 10.3 Å². The van der Waals surface area contributed by atoms with Crippen molar-refractivity contribution in [1.82, 2.24) is 9.55 Å². The first-order chi connectivity index (χ1) is 10.1. The Morgan fingerprint density at radius 3 is 2.67 bits per heavy atom. The van der Waals surface area contributed by atoms with Gasteiger partial charge in [0.25, 0.3) is 5.56 Å². The van der Waals surface area contributed by atoms with E-state index in [0.717, 1.165) is 10.1 Å². The van der Waals surface area contributed by atoms with Gasteiger partial charge in [-0.15, -0.1) is 0 Å². The number of carboxylic acids is 1. The highest BCUT2D eigenvalue weighted by atomic mass is 16.5. The number of hydrogen-bond acceptors (Lipinski definition) is 4. The maximum Gasteiger partial charge on any atom is 0.326 e. The van der Waals surface area contributed by atoms with Crippen molar-refractivity contribution in [1.29, 1.82) is 0 Å². The van der Waals surface area contributed by atoms with Crippen molar-refractivity contribution in [3.05, 3.63) is 58.6 Å². The number of aromatic nitrogens is 2. The molecule has 2 rings (SSSR count). The van der Waals surface area contributed by atoms with Gasteiger partial charge in [-0.3, -0.25) is 9.36 Å². The molecule has 1 N–H and O–H groups in total. The van der Waals surface area contributed by atoms with Crippen molar-refractivity contribution in [3.8, 4) is 5.88 Å². The third kappa shape index (κ3) is 3.68. The van der Waals surface area contributed by atoms with E-state index in [0.29, 0.717) is 13.0 Å². The molecule has 0 aliphatic carbocycles. The van der Waals surface area contributed by atoms with Crippen LogP contribution in [0, 0.1) is 0 Å². The molecule has 6 nitrogen and oxygen atoms in total. The van der Waals surface area contributed by atoms with Gasteiger partial charge in [0.05, 0.1) is 6.07 Å². The van der Waals surface area contributed by atoms with Crippen molar-refractivity contribution in [2.45, 2.75) is 26.0 Å². The second kappa shape index (κ2) is 6.69. The Hall–Kier alpha value is -2.63. The summed E-state index contributed by atoms with van der Waals surface area (Å²) in [6.07, 6.45) is 1.52. The summed E-state index contributed by atoms with van der Waals surface area (Å²) < 4.78 is 6.52. The quantitative estimate of drug-likeness (QED) is 0.877. The summed E-state index contributed by atoms with van der Waals surface area (Å²) in [5.74, 6) is -0.875. The second-order valence-electron chi connectivity index (χ2n) is 4.51. The molecule has 1 heterocycles. The van der Waals surface area contributed by atoms with E-state index in [-0.39, 0.29) is 5.88 Å². The Bertz CT molecular complexity index is 667. The van der Waals surface area contributed by atoms with Crippen LogP contribution >= 0.6 is 0 Å². The molecule has 0 saturated carbocycles. The number of aliphatic carboxylic acids is 1. The zero-order valence-corrected chi connectivity index (χ0v) is 11.6. The number of nitrogens with zero attached hydrogens (tertiary/aromatic N) is 2. The fourth-order valence-corrected chi connectivity index (χ4v) is 1.93. The molecule has 1 unspecified atom stereocenters. The molecule has 0 saturated heterocycles. The lowest BCUT2D eigenvalue weighted by Crippen LogP contribution is -2.29. The lowest BCUT2D eigenvalue weighted by atomic mass is 10.2. The lowest BCUT2D eigenvalue weighted by Gasteiger charge is -2.13. The van der Waals surface area contributed by atoms with E-state index in [9.17, 15) is 9.59 Å². The van der Waals surface area contributed by atoms with Crippen molar-refractivity contribution in [2.75, 3.05) is 0 Å². The summed E-state index contributed by atoms with van der Waals surface area (Å²) in [5.41, 5.74) is 0.516. The van der Waals surface area contributed by atoms with E-state index >= 15 is 0 Å². The molecule has 1 aromatic carbocycles. The van der Waals surface area contributed by atoms with Gasteiger partial charge in [-0.1, -0.05) is 37.3 Å². The minimum atomic E-state index is -1.06. The number of carbonyl (C=O) groups is 1. The van der Waals surface area contributed by atoms with E-state index in [4.69, 9.17) is 9.84 Å². The predicted octanol–water partition coefficient (Wildman–Crippen LogP) is 1.86. The Kier molecular flexibility index (Phi) is 4.71. The minimum Gasteiger partial charge on any atom is -0.480 e. The molecule has 1 aromatic heterocycles. The van der Waals surface area contributed by atoms with Gasteiger partial charge in [-0.2, -0.15) is 0 Å². The molecule has 0 radical (unpaired) electrons. The summed E-state index contributed by atoms with van der Waals surface area (Å²) in [6, 6.07) is 9.78. The highest BCUT2D eigenvalue weighted by Crippen LogP contribution is 2.11. The van der Waals surface area contributed by atoms with Gasteiger partial charge in [-0.05, 0) is 12.0 Å². The Balaban J connectivity index is 2.12. The zero-order chi connectivity index (χ0) is 15.2. The van der Waals surface area contributed by atoms with Crippen LogP contribution in [0.2, 0.25) is 0 Å². The van der Waals surface area contributed by atoms with Gasteiger partial charge < -0.3 is 9.84 Å². The molecule has 21 heavy (non-hydrogen) atoms. The van der Waals surface area contributed by atoms with Crippen LogP contribution in [-0.4, -0.2) is 20.6 Å². The Morgan fingerprint density at radius 2 is 2.10 bits per heavy atom. The van der Waals surface area contributed by atoms with Crippen molar-refractivity contribution < 1.29 is 14.6 Å². The van der Waals surface area contributed by atoms with Gasteiger partial charge in [0.15, 0.2) is 0 Å². The summed E-state index contributed by atoms with van der Waals surface area (Å²) >= 11 is 0. The van der Waals surface area contributed by atoms with Crippen LogP contribution in [0.5, 0.6) is 5.88 Å². The maximum atomic E-state index is 11.9. The van der Waals surface area contributed by atoms with Crippen molar-refractivity contribution in [3.63, 3.8) is 0 Å². The minimum absolute atomic E-state index is 0.181. The van der Waals surface area contributed by atoms with Crippen LogP contribution in [0.4, 0.5) is 0 Å². The molecule has 6 heteroatoms. The average molecular weight is 288 g/mol. The van der Waals surface area contributed by atoms with Gasteiger partial charge in [0, 0.05) is 0 Å². The van der Waals surface area contributed by atoms with Crippen LogP contribution in [0.15, 0.2) is 47.5 Å². The van der Waals surface area contributed by atoms with E-state index in [1.807, 2.05) is 30.3 Å². The van der Waals surface area contributed by atoms with Crippen LogP contribution in [0.1, 0.15) is 24.9 Å². The third-order valence-electron chi connectivity index (χ3n) is 3.05. The third-order valence-corrected chi connectivity index (χ3v) is 3.05. The fourth-order valence-electron chi connectivity index (χ4n) is 1.93. The zero-order valence-electron chi connectivity index (χ0n) is 11.6. The summed E-state index contributed by atoms with van der Waals surface area (Å²) in [6.45, 7) is 2.00. The number of hydrogen-bond donors (Lipinski definition) is 1. The molecular weight excluding hydrogens is 272 g/mol. The first-order valence-corrected chi connectivity index (χ1v) is 6.59. The molecule has 0 fully saturated rings. The summed E-state index contributed by atoms with van der Waals surface area (Å²) in [7, 11) is 0. The topological polar surface area (TPSA) is 81.4 Å². The van der Waals surface area contributed by atoms with Crippen molar-refractivity contribution >= 4 is 5.97 Å². The molecule has 0 aliphatic rings. The molecular formula is C15H16N2O4. The molecule has 0 aliphatic heterocycles. The Labute approximate surface area is 121 Å². The molecule has 2 aromatic rings. The van der Waals surface area contributed by atoms with E-state index in [2.05, 4.69) is 4.98 Å². The van der Waals surface area contributed by atoms with E-state index < -0.39 is 17.6 Å². The molecule has 0 spiro atoms. The van der Waals surface area contributed by atoms with Gasteiger partial charge >= 0.3 is 5.97 Å². The van der Waals surface area contributed by atoms with Crippen LogP contribution in [0.25, 0.3) is 0 Å². The standard InChI is InChI=1S/C15H16N2O4/c1-2-12(15(19)20)17-10-16-13(8-14(17)18)21-9-11-6-4-3-5-7-11/h3-8,10,12H,2,9H2,1H3,(H,19,20). The molecule has 1 atom stereocenters. The fraction of sp³-hybridized carbons (Fsp3) is 0.267. The van der Waals surface area contributed by atoms with Crippen molar-refractivity contribution in [2.24, 2.45) is 0 Å². The Morgan fingerprint density at radius 1 is 1.38 bits per heavy atom. The lowest BCUT2D eigenvalue weighted by molar-refractivity contribution is -0.141. The molecule has 0 bridgehead atoms. The van der Waals surface area contributed by atoms with Crippen LogP contribution in [0.3, 0.4) is 0 Å². The molecule has 0 amide bonds. The smallest absolute Gasteiger partial charge is 0.326 e. The average Bonchev–Trinajstić information content (AvgIpc) is 2.48. The number of ether oxygens (including phenoxy) is 1. The number of benzene rings is 1. The SMILES string of the molecule is CCC(C(=O)O)n1cnc(OCc2ccccc2)cc1=O. The maximum absolute atomic E-state index is 11.9. The normalized spacial score (nSPS) is 11.9. The highest BCUT2D eigenvalue weighted by molar-refractivity contribution is 5.71. The largest absolute Gasteiger partial charge is 0.480 e. The summed E-state index contributed by atoms with van der Waals surface area (Å²) in [4.78, 5) is 27.0. The second-order valence-corrected chi connectivity index (χ2v) is 4.51. The highest BCUT2D eigenvalue weighted by Gasteiger charge is 2.18. The van der Waals surface area contributed by atoms with E-state index in [1.54, 1.807) is 6.92 Å². The first kappa shape index (κ1) is 14.8. The van der Waals surface area contributed by atoms with E-state index in [1.165, 1.54) is 12.4 Å². The van der Waals surface area contributed by atoms with Crippen LogP contribution in [-0.2, 0) is 11.4 Å². The number of carboxylic acid groups (broad SMARTS) is 1. The van der Waals surface area contributed by atoms with Gasteiger partial charge in [0.2, 0.25) is 5.88 Å². The molecule has 110 valence electrons.